The lowest BCUT2D eigenvalue weighted by atomic mass is 10.1. The molecule has 7 heteroatoms. The van der Waals surface area contributed by atoms with Crippen LogP contribution in [-0.2, 0) is 4.79 Å². The Morgan fingerprint density at radius 2 is 1.83 bits per heavy atom. The van der Waals surface area contributed by atoms with E-state index in [2.05, 4.69) is 17.9 Å². The third-order valence-electron chi connectivity index (χ3n) is 4.58. The first kappa shape index (κ1) is 19.9. The van der Waals surface area contributed by atoms with E-state index in [1.165, 1.54) is 0 Å². The summed E-state index contributed by atoms with van der Waals surface area (Å²) in [5.74, 6) is 0.865. The number of para-hydroxylation sites is 1. The number of nitriles is 1. The molecule has 2 heterocycles. The molecule has 1 amide bonds. The maximum absolute atomic E-state index is 12.3. The van der Waals surface area contributed by atoms with Gasteiger partial charge in [-0.05, 0) is 60.7 Å². The number of amides is 1. The molecule has 4 rings (SSSR count). The van der Waals surface area contributed by atoms with E-state index < -0.39 is 12.1 Å². The maximum Gasteiger partial charge on any atom is 0.266 e. The van der Waals surface area contributed by atoms with Crippen LogP contribution in [0.3, 0.4) is 0 Å². The van der Waals surface area contributed by atoms with Crippen LogP contribution in [0.15, 0.2) is 87.8 Å². The molecule has 1 N–H and O–H groups in total. The minimum atomic E-state index is -0.534. The molecule has 1 aliphatic rings. The van der Waals surface area contributed by atoms with Crippen molar-refractivity contribution in [2.75, 3.05) is 4.90 Å². The van der Waals surface area contributed by atoms with Crippen LogP contribution in [0.1, 0.15) is 5.76 Å². The molecule has 1 aromatic heterocycles. The quantitative estimate of drug-likeness (QED) is 0.552. The van der Waals surface area contributed by atoms with Crippen LogP contribution in [0.2, 0.25) is 5.02 Å². The van der Waals surface area contributed by atoms with Crippen molar-refractivity contribution < 1.29 is 9.21 Å². The lowest BCUT2D eigenvalue weighted by Crippen LogP contribution is -2.51. The molecule has 0 fully saturated rings. The molecule has 30 heavy (non-hydrogen) atoms. The lowest BCUT2D eigenvalue weighted by molar-refractivity contribution is -0.117. The second-order valence-electron chi connectivity index (χ2n) is 6.50. The first-order chi connectivity index (χ1) is 14.6. The minimum Gasteiger partial charge on any atom is -0.457 e. The van der Waals surface area contributed by atoms with Crippen LogP contribution in [-0.4, -0.2) is 12.1 Å². The van der Waals surface area contributed by atoms with E-state index in [0.717, 1.165) is 11.3 Å². The summed E-state index contributed by atoms with van der Waals surface area (Å²) in [5, 5.41) is 13.1. The Kier molecular flexibility index (Phi) is 5.66. The summed E-state index contributed by atoms with van der Waals surface area (Å²) in [6.45, 7) is 0. The highest BCUT2D eigenvalue weighted by Crippen LogP contribution is 2.30. The van der Waals surface area contributed by atoms with Gasteiger partial charge in [-0.25, -0.2) is 0 Å². The molecule has 0 spiro atoms. The Labute approximate surface area is 184 Å². The zero-order valence-electron chi connectivity index (χ0n) is 15.6. The highest BCUT2D eigenvalue weighted by molar-refractivity contribution is 7.84. The van der Waals surface area contributed by atoms with Crippen molar-refractivity contribution in [2.45, 2.75) is 6.17 Å². The monoisotopic (exact) mass is 433 g/mol. The van der Waals surface area contributed by atoms with Gasteiger partial charge >= 0.3 is 0 Å². The van der Waals surface area contributed by atoms with Gasteiger partial charge in [0, 0.05) is 16.3 Å². The molecule has 0 saturated carbocycles. The Morgan fingerprint density at radius 3 is 2.53 bits per heavy atom. The van der Waals surface area contributed by atoms with Crippen LogP contribution in [0, 0.1) is 11.3 Å². The molecule has 2 aromatic carbocycles. The van der Waals surface area contributed by atoms with E-state index in [1.807, 2.05) is 60.7 Å². The summed E-state index contributed by atoms with van der Waals surface area (Å²) in [6.07, 6.45) is 3.03. The molecule has 0 radical (unpaired) electrons. The average Bonchev–Trinajstić information content (AvgIpc) is 3.22. The second kappa shape index (κ2) is 8.54. The number of benzene rings is 2. The number of hydrogen-bond donors (Lipinski definition) is 2. The van der Waals surface area contributed by atoms with Crippen molar-refractivity contribution in [3.05, 3.63) is 94.2 Å². The molecule has 0 saturated heterocycles. The number of carbonyl (C=O) groups is 1. The van der Waals surface area contributed by atoms with Crippen LogP contribution >= 0.6 is 24.2 Å². The molecule has 0 unspecified atom stereocenters. The molecule has 0 aliphatic carbocycles. The summed E-state index contributed by atoms with van der Waals surface area (Å²) < 4.78 is 5.89. The number of anilines is 1. The van der Waals surface area contributed by atoms with Gasteiger partial charge in [-0.3, -0.25) is 4.79 Å². The fourth-order valence-electron chi connectivity index (χ4n) is 3.13. The van der Waals surface area contributed by atoms with Crippen molar-refractivity contribution in [3.63, 3.8) is 0 Å². The van der Waals surface area contributed by atoms with Gasteiger partial charge in [0.05, 0.1) is 5.03 Å². The number of nitrogens with zero attached hydrogens (tertiary/aromatic N) is 2. The van der Waals surface area contributed by atoms with Gasteiger partial charge in [-0.15, -0.1) is 12.6 Å². The molecule has 148 valence electrons. The SMILES string of the molecule is N#CC1=C(S)N(c2ccccc2)[C@@H](/C=C/c2ccc(-c3ccc(Cl)cc3)o2)NC1=O. The van der Waals surface area contributed by atoms with Crippen molar-refractivity contribution in [3.8, 4) is 17.4 Å². The van der Waals surface area contributed by atoms with Crippen molar-refractivity contribution in [2.24, 2.45) is 0 Å². The van der Waals surface area contributed by atoms with Crippen molar-refractivity contribution in [1.82, 2.24) is 5.32 Å². The molecule has 3 aromatic rings. The summed E-state index contributed by atoms with van der Waals surface area (Å²) in [7, 11) is 0. The smallest absolute Gasteiger partial charge is 0.266 e. The summed E-state index contributed by atoms with van der Waals surface area (Å²) in [4.78, 5) is 14.1. The van der Waals surface area contributed by atoms with Gasteiger partial charge in [-0.2, -0.15) is 5.26 Å². The number of thiol groups is 1. The number of carbonyl (C=O) groups excluding carboxylic acids is 1. The van der Waals surface area contributed by atoms with Gasteiger partial charge in [-0.1, -0.05) is 29.8 Å². The highest BCUT2D eigenvalue weighted by atomic mass is 35.5. The molecule has 1 atom stereocenters. The number of halogens is 1. The van der Waals surface area contributed by atoms with Crippen molar-refractivity contribution in [1.29, 1.82) is 5.26 Å². The Bertz CT molecular complexity index is 1180. The fraction of sp³-hybridized carbons (Fsp3) is 0.0435. The topological polar surface area (TPSA) is 69.3 Å². The largest absolute Gasteiger partial charge is 0.457 e. The zero-order valence-corrected chi connectivity index (χ0v) is 17.3. The van der Waals surface area contributed by atoms with Crippen LogP contribution in [0.25, 0.3) is 17.4 Å². The van der Waals surface area contributed by atoms with E-state index in [-0.39, 0.29) is 5.57 Å². The predicted molar refractivity (Wildman–Crippen MR) is 121 cm³/mol. The Balaban J connectivity index is 1.63. The van der Waals surface area contributed by atoms with E-state index >= 15 is 0 Å². The van der Waals surface area contributed by atoms with Crippen LogP contribution in [0.4, 0.5) is 5.69 Å². The van der Waals surface area contributed by atoms with Crippen LogP contribution in [0.5, 0.6) is 0 Å². The Morgan fingerprint density at radius 1 is 1.10 bits per heavy atom. The van der Waals surface area contributed by atoms with Crippen molar-refractivity contribution >= 4 is 41.9 Å². The van der Waals surface area contributed by atoms with Gasteiger partial charge in [0.15, 0.2) is 0 Å². The van der Waals surface area contributed by atoms with Gasteiger partial charge in [0.25, 0.3) is 5.91 Å². The fourth-order valence-corrected chi connectivity index (χ4v) is 3.65. The van der Waals surface area contributed by atoms with Gasteiger partial charge in [0.1, 0.15) is 29.3 Å². The van der Waals surface area contributed by atoms with Gasteiger partial charge in [0.2, 0.25) is 0 Å². The molecule has 5 nitrogen and oxygen atoms in total. The summed E-state index contributed by atoms with van der Waals surface area (Å²) in [6, 6.07) is 22.4. The standard InChI is InChI=1S/C23H16ClN3O2S/c24-16-8-6-15(7-9-16)20-12-10-18(29-20)11-13-21-26-22(28)19(14-25)23(30)27(21)17-4-2-1-3-5-17/h1-13,21,30H,(H,26,28)/b13-11+/t21-/m0/s1. The number of furan rings is 1. The first-order valence-electron chi connectivity index (χ1n) is 9.09. The normalized spacial score (nSPS) is 16.6. The molecule has 1 aliphatic heterocycles. The molecular formula is C23H16ClN3O2S. The maximum atomic E-state index is 12.3. The van der Waals surface area contributed by atoms with Gasteiger partial charge < -0.3 is 14.6 Å². The van der Waals surface area contributed by atoms with E-state index in [1.54, 1.807) is 29.2 Å². The number of hydrogen-bond acceptors (Lipinski definition) is 5. The zero-order chi connectivity index (χ0) is 21.1. The first-order valence-corrected chi connectivity index (χ1v) is 9.92. The summed E-state index contributed by atoms with van der Waals surface area (Å²) >= 11 is 10.4. The Hall–Kier alpha value is -3.40. The highest BCUT2D eigenvalue weighted by Gasteiger charge is 2.31. The van der Waals surface area contributed by atoms with Crippen LogP contribution < -0.4 is 10.2 Å². The van der Waals surface area contributed by atoms with E-state index in [9.17, 15) is 10.1 Å². The third-order valence-corrected chi connectivity index (χ3v) is 5.27. The van der Waals surface area contributed by atoms with E-state index in [0.29, 0.717) is 21.6 Å². The lowest BCUT2D eigenvalue weighted by Gasteiger charge is -2.36. The number of nitrogens with one attached hydrogen (secondary N) is 1. The third kappa shape index (κ3) is 3.99. The minimum absolute atomic E-state index is 0.0325. The predicted octanol–water partition coefficient (Wildman–Crippen LogP) is 5.24. The molecule has 0 bridgehead atoms. The van der Waals surface area contributed by atoms with E-state index in [4.69, 9.17) is 16.0 Å². The number of rotatable bonds is 4. The second-order valence-corrected chi connectivity index (χ2v) is 7.36. The summed E-state index contributed by atoms with van der Waals surface area (Å²) in [5.41, 5.74) is 1.68. The average molecular weight is 434 g/mol. The molecular weight excluding hydrogens is 418 g/mol.